The lowest BCUT2D eigenvalue weighted by Crippen LogP contribution is -3.10. The van der Waals surface area contributed by atoms with E-state index in [0.717, 1.165) is 13.1 Å². The fourth-order valence-electron chi connectivity index (χ4n) is 3.29. The normalized spacial score (nSPS) is 12.0. The Hall–Kier alpha value is -2.98. The van der Waals surface area contributed by atoms with Crippen LogP contribution in [0.4, 0.5) is 4.39 Å². The second-order valence-electron chi connectivity index (χ2n) is 7.01. The molecule has 0 saturated heterocycles. The van der Waals surface area contributed by atoms with Crippen molar-refractivity contribution in [1.29, 1.82) is 0 Å². The first-order valence-corrected chi connectivity index (χ1v) is 9.48. The molecule has 0 amide bonds. The number of quaternary nitrogens is 1. The quantitative estimate of drug-likeness (QED) is 0.607. The van der Waals surface area contributed by atoms with E-state index < -0.39 is 11.8 Å². The minimum absolute atomic E-state index is 0.236. The molecule has 3 aromatic rings. The number of carbonyl (C=O) groups excluding carboxylic acids is 1. The lowest BCUT2D eigenvalue weighted by molar-refractivity contribution is -0.930. The summed E-state index contributed by atoms with van der Waals surface area (Å²) in [5, 5.41) is 0. The van der Waals surface area contributed by atoms with Crippen LogP contribution in [0.3, 0.4) is 0 Å². The van der Waals surface area contributed by atoms with Gasteiger partial charge in [0, 0.05) is 11.1 Å². The summed E-state index contributed by atoms with van der Waals surface area (Å²) < 4.78 is 18.9. The molecule has 0 aliphatic carbocycles. The number of halogens is 1. The summed E-state index contributed by atoms with van der Waals surface area (Å²) in [7, 11) is 0. The van der Waals surface area contributed by atoms with Gasteiger partial charge in [0.1, 0.15) is 31.6 Å². The van der Waals surface area contributed by atoms with Gasteiger partial charge in [0.15, 0.2) is 0 Å². The molecule has 0 radical (unpaired) electrons. The Morgan fingerprint density at radius 3 is 2.00 bits per heavy atom. The summed E-state index contributed by atoms with van der Waals surface area (Å²) in [6.07, 6.45) is -0.293. The van der Waals surface area contributed by atoms with Gasteiger partial charge in [-0.15, -0.1) is 0 Å². The van der Waals surface area contributed by atoms with E-state index in [1.807, 2.05) is 43.3 Å². The first kappa shape index (κ1) is 19.8. The molecule has 0 aliphatic heterocycles. The maximum Gasteiger partial charge on any atom is 0.338 e. The zero-order valence-electron chi connectivity index (χ0n) is 16.0. The zero-order chi connectivity index (χ0) is 19.8. The number of rotatable bonds is 8. The van der Waals surface area contributed by atoms with E-state index in [0.29, 0.717) is 6.54 Å². The number of benzene rings is 3. The van der Waals surface area contributed by atoms with E-state index in [1.165, 1.54) is 34.2 Å². The summed E-state index contributed by atoms with van der Waals surface area (Å²) in [6.45, 7) is 4.20. The van der Waals surface area contributed by atoms with Crippen LogP contribution >= 0.6 is 0 Å². The molecule has 0 aromatic heterocycles. The standard InChI is InChI=1S/C24H24FNO2/c1-19(28-24(27)22-13-8-14-23(25)15-22)16-26(17-20-9-4-2-5-10-20)18-21-11-6-3-7-12-21/h2-15,19H,16-18H2,1H3/p+1/t19-/m0/s1. The largest absolute Gasteiger partial charge is 0.453 e. The fraction of sp³-hybridized carbons (Fsp3) is 0.208. The predicted molar refractivity (Wildman–Crippen MR) is 107 cm³/mol. The number of hydrogen-bond acceptors (Lipinski definition) is 2. The van der Waals surface area contributed by atoms with Gasteiger partial charge in [-0.1, -0.05) is 66.7 Å². The molecule has 0 unspecified atom stereocenters. The van der Waals surface area contributed by atoms with Crippen LogP contribution in [0.25, 0.3) is 0 Å². The third-order valence-electron chi connectivity index (χ3n) is 4.54. The lowest BCUT2D eigenvalue weighted by Gasteiger charge is -2.23. The van der Waals surface area contributed by atoms with E-state index in [9.17, 15) is 9.18 Å². The van der Waals surface area contributed by atoms with E-state index in [2.05, 4.69) is 24.3 Å². The highest BCUT2D eigenvalue weighted by molar-refractivity contribution is 5.89. The molecule has 0 spiro atoms. The molecule has 4 heteroatoms. The molecule has 3 nitrogen and oxygen atoms in total. The topological polar surface area (TPSA) is 30.7 Å². The van der Waals surface area contributed by atoms with Crippen molar-refractivity contribution >= 4 is 5.97 Å². The Morgan fingerprint density at radius 2 is 1.46 bits per heavy atom. The summed E-state index contributed by atoms with van der Waals surface area (Å²) >= 11 is 0. The average molecular weight is 378 g/mol. The van der Waals surface area contributed by atoms with Gasteiger partial charge in [-0.05, 0) is 25.1 Å². The molecule has 0 fully saturated rings. The van der Waals surface area contributed by atoms with Crippen LogP contribution in [0.1, 0.15) is 28.4 Å². The van der Waals surface area contributed by atoms with Crippen LogP contribution in [0, 0.1) is 5.82 Å². The van der Waals surface area contributed by atoms with Crippen LogP contribution in [0.5, 0.6) is 0 Å². The highest BCUT2D eigenvalue weighted by Gasteiger charge is 2.19. The smallest absolute Gasteiger partial charge is 0.338 e. The molecule has 1 atom stereocenters. The Kier molecular flexibility index (Phi) is 6.93. The van der Waals surface area contributed by atoms with Crippen LogP contribution < -0.4 is 4.90 Å². The Labute approximate surface area is 165 Å². The number of nitrogens with one attached hydrogen (secondary N) is 1. The maximum atomic E-state index is 13.3. The molecule has 28 heavy (non-hydrogen) atoms. The first-order valence-electron chi connectivity index (χ1n) is 9.48. The van der Waals surface area contributed by atoms with Gasteiger partial charge in [0.05, 0.1) is 5.56 Å². The van der Waals surface area contributed by atoms with Crippen molar-refractivity contribution < 1.29 is 18.8 Å². The van der Waals surface area contributed by atoms with Gasteiger partial charge < -0.3 is 9.64 Å². The average Bonchev–Trinajstić information content (AvgIpc) is 2.69. The molecule has 144 valence electrons. The summed E-state index contributed by atoms with van der Waals surface area (Å²) in [4.78, 5) is 13.6. The van der Waals surface area contributed by atoms with Crippen LogP contribution in [0.2, 0.25) is 0 Å². The predicted octanol–water partition coefficient (Wildman–Crippen LogP) is 3.66. The summed E-state index contributed by atoms with van der Waals surface area (Å²) in [6, 6.07) is 26.1. The lowest BCUT2D eigenvalue weighted by atomic mass is 10.1. The van der Waals surface area contributed by atoms with Gasteiger partial charge in [-0.2, -0.15) is 0 Å². The van der Waals surface area contributed by atoms with Crippen molar-refractivity contribution in [3.63, 3.8) is 0 Å². The van der Waals surface area contributed by atoms with Gasteiger partial charge in [0.2, 0.25) is 0 Å². The van der Waals surface area contributed by atoms with E-state index in [-0.39, 0.29) is 11.7 Å². The molecule has 0 heterocycles. The van der Waals surface area contributed by atoms with Crippen molar-refractivity contribution in [3.05, 3.63) is 107 Å². The molecular formula is C24H25FNO2+. The fourth-order valence-corrected chi connectivity index (χ4v) is 3.29. The van der Waals surface area contributed by atoms with E-state index in [4.69, 9.17) is 4.74 Å². The van der Waals surface area contributed by atoms with Gasteiger partial charge in [-0.25, -0.2) is 9.18 Å². The van der Waals surface area contributed by atoms with E-state index in [1.54, 1.807) is 6.07 Å². The van der Waals surface area contributed by atoms with Crippen molar-refractivity contribution in [1.82, 2.24) is 0 Å². The van der Waals surface area contributed by atoms with Gasteiger partial charge >= 0.3 is 5.97 Å². The van der Waals surface area contributed by atoms with Crippen molar-refractivity contribution in [2.75, 3.05) is 6.54 Å². The maximum absolute atomic E-state index is 13.3. The minimum Gasteiger partial charge on any atom is -0.453 e. The molecule has 3 aromatic carbocycles. The zero-order valence-corrected chi connectivity index (χ0v) is 16.0. The second-order valence-corrected chi connectivity index (χ2v) is 7.01. The molecular weight excluding hydrogens is 353 g/mol. The SMILES string of the molecule is C[C@@H](C[NH+](Cc1ccccc1)Cc1ccccc1)OC(=O)c1cccc(F)c1. The molecule has 0 bridgehead atoms. The van der Waals surface area contributed by atoms with Crippen LogP contribution in [-0.2, 0) is 17.8 Å². The first-order chi connectivity index (χ1) is 13.6. The van der Waals surface area contributed by atoms with Crippen LogP contribution in [0.15, 0.2) is 84.9 Å². The van der Waals surface area contributed by atoms with Crippen molar-refractivity contribution in [2.45, 2.75) is 26.1 Å². The number of esters is 1. The molecule has 0 saturated carbocycles. The third-order valence-corrected chi connectivity index (χ3v) is 4.54. The molecule has 0 aliphatic rings. The van der Waals surface area contributed by atoms with Crippen molar-refractivity contribution in [3.8, 4) is 0 Å². The highest BCUT2D eigenvalue weighted by atomic mass is 19.1. The van der Waals surface area contributed by atoms with Gasteiger partial charge in [-0.3, -0.25) is 0 Å². The van der Waals surface area contributed by atoms with Crippen molar-refractivity contribution in [2.24, 2.45) is 0 Å². The number of hydrogen-bond donors (Lipinski definition) is 1. The number of carbonyl (C=O) groups is 1. The summed E-state index contributed by atoms with van der Waals surface area (Å²) in [5.41, 5.74) is 2.70. The molecule has 1 N–H and O–H groups in total. The Bertz CT molecular complexity index is 842. The molecule has 3 rings (SSSR count). The Morgan fingerprint density at radius 1 is 0.893 bits per heavy atom. The van der Waals surface area contributed by atoms with Crippen LogP contribution in [-0.4, -0.2) is 18.6 Å². The van der Waals surface area contributed by atoms with E-state index >= 15 is 0 Å². The second kappa shape index (κ2) is 9.81. The minimum atomic E-state index is -0.495. The third kappa shape index (κ3) is 6.03. The summed E-state index contributed by atoms with van der Waals surface area (Å²) in [5.74, 6) is -0.937. The highest BCUT2D eigenvalue weighted by Crippen LogP contribution is 2.07. The monoisotopic (exact) mass is 378 g/mol. The number of ether oxygens (including phenoxy) is 1. The van der Waals surface area contributed by atoms with Gasteiger partial charge in [0.25, 0.3) is 0 Å². The Balaban J connectivity index is 1.66.